The van der Waals surface area contributed by atoms with Crippen LogP contribution in [0, 0.1) is 0 Å². The highest BCUT2D eigenvalue weighted by Gasteiger charge is 2.27. The summed E-state index contributed by atoms with van der Waals surface area (Å²) >= 11 is 4.95. The van der Waals surface area contributed by atoms with Crippen LogP contribution in [0.1, 0.15) is 28.9 Å². The van der Waals surface area contributed by atoms with Crippen LogP contribution in [0.3, 0.4) is 0 Å². The SMILES string of the molecule is COc1csc(C(=O)N2CCCCC2CBr)c1. The Balaban J connectivity index is 2.12. The molecule has 0 spiro atoms. The van der Waals surface area contributed by atoms with Crippen molar-refractivity contribution >= 4 is 33.2 Å². The van der Waals surface area contributed by atoms with E-state index in [9.17, 15) is 4.79 Å². The maximum atomic E-state index is 12.4. The lowest BCUT2D eigenvalue weighted by atomic mass is 10.0. The molecule has 1 aromatic rings. The zero-order chi connectivity index (χ0) is 12.3. The molecule has 1 aliphatic rings. The number of thiophene rings is 1. The van der Waals surface area contributed by atoms with Gasteiger partial charge < -0.3 is 9.64 Å². The van der Waals surface area contributed by atoms with Gasteiger partial charge in [-0.05, 0) is 19.3 Å². The Bertz CT molecular complexity index is 394. The van der Waals surface area contributed by atoms with Gasteiger partial charge in [0.05, 0.1) is 12.0 Å². The first kappa shape index (κ1) is 12.9. The van der Waals surface area contributed by atoms with Crippen molar-refractivity contribution in [2.75, 3.05) is 19.0 Å². The number of hydrogen-bond donors (Lipinski definition) is 0. The minimum Gasteiger partial charge on any atom is -0.496 e. The zero-order valence-corrected chi connectivity index (χ0v) is 12.2. The quantitative estimate of drug-likeness (QED) is 0.801. The summed E-state index contributed by atoms with van der Waals surface area (Å²) in [5.74, 6) is 0.910. The van der Waals surface area contributed by atoms with Crippen molar-refractivity contribution in [2.24, 2.45) is 0 Å². The van der Waals surface area contributed by atoms with Crippen molar-refractivity contribution < 1.29 is 9.53 Å². The predicted molar refractivity (Wildman–Crippen MR) is 73.3 cm³/mol. The lowest BCUT2D eigenvalue weighted by Gasteiger charge is -2.34. The standard InChI is InChI=1S/C12H16BrNO2S/c1-16-10-6-11(17-8-10)12(15)14-5-3-2-4-9(14)7-13/h6,8-9H,2-5,7H2,1H3. The molecule has 0 saturated carbocycles. The van der Waals surface area contributed by atoms with Crippen molar-refractivity contribution in [3.63, 3.8) is 0 Å². The fourth-order valence-electron chi connectivity index (χ4n) is 2.11. The average molecular weight is 318 g/mol. The van der Waals surface area contributed by atoms with Gasteiger partial charge in [-0.25, -0.2) is 0 Å². The number of hydrogen-bond acceptors (Lipinski definition) is 3. The van der Waals surface area contributed by atoms with Crippen LogP contribution >= 0.6 is 27.3 Å². The molecule has 0 aromatic carbocycles. The van der Waals surface area contributed by atoms with Gasteiger partial charge in [-0.1, -0.05) is 15.9 Å². The topological polar surface area (TPSA) is 29.5 Å². The molecule has 3 nitrogen and oxygen atoms in total. The van der Waals surface area contributed by atoms with Gasteiger partial charge in [0.1, 0.15) is 5.75 Å². The van der Waals surface area contributed by atoms with E-state index in [1.54, 1.807) is 7.11 Å². The fraction of sp³-hybridized carbons (Fsp3) is 0.583. The number of rotatable bonds is 3. The molecule has 1 amide bonds. The number of carbonyl (C=O) groups is 1. The van der Waals surface area contributed by atoms with E-state index in [-0.39, 0.29) is 5.91 Å². The molecule has 1 fully saturated rings. The molecule has 17 heavy (non-hydrogen) atoms. The largest absolute Gasteiger partial charge is 0.496 e. The number of halogens is 1. The van der Waals surface area contributed by atoms with Gasteiger partial charge in [-0.2, -0.15) is 0 Å². The Labute approximate surface area is 114 Å². The van der Waals surface area contributed by atoms with Crippen LogP contribution in [0.5, 0.6) is 5.75 Å². The number of nitrogens with zero attached hydrogens (tertiary/aromatic N) is 1. The number of amides is 1. The first-order valence-corrected chi connectivity index (χ1v) is 7.76. The van der Waals surface area contributed by atoms with Crippen LogP contribution in [-0.2, 0) is 0 Å². The molecular weight excluding hydrogens is 302 g/mol. The second-order valence-corrected chi connectivity index (χ2v) is 5.71. The average Bonchev–Trinajstić information content (AvgIpc) is 2.86. The van der Waals surface area contributed by atoms with Crippen LogP contribution in [0.15, 0.2) is 11.4 Å². The Morgan fingerprint density at radius 1 is 1.65 bits per heavy atom. The van der Waals surface area contributed by atoms with E-state index in [1.165, 1.54) is 17.8 Å². The summed E-state index contributed by atoms with van der Waals surface area (Å²) in [6.07, 6.45) is 3.42. The van der Waals surface area contributed by atoms with Gasteiger partial charge in [0.15, 0.2) is 0 Å². The Hall–Kier alpha value is -0.550. The first-order valence-electron chi connectivity index (χ1n) is 5.75. The summed E-state index contributed by atoms with van der Waals surface area (Å²) in [7, 11) is 1.62. The van der Waals surface area contributed by atoms with Gasteiger partial charge in [0, 0.05) is 29.4 Å². The Morgan fingerprint density at radius 2 is 2.47 bits per heavy atom. The summed E-state index contributed by atoms with van der Waals surface area (Å²) in [4.78, 5) is 15.1. The number of methoxy groups -OCH3 is 1. The number of piperidine rings is 1. The third-order valence-corrected chi connectivity index (χ3v) is 4.73. The molecule has 1 unspecified atom stereocenters. The lowest BCUT2D eigenvalue weighted by molar-refractivity contribution is 0.0646. The Morgan fingerprint density at radius 3 is 3.12 bits per heavy atom. The maximum Gasteiger partial charge on any atom is 0.264 e. The molecule has 1 saturated heterocycles. The molecule has 2 heterocycles. The molecule has 1 aromatic heterocycles. The smallest absolute Gasteiger partial charge is 0.264 e. The van der Waals surface area contributed by atoms with Gasteiger partial charge in [0.25, 0.3) is 5.91 Å². The molecule has 1 aliphatic heterocycles. The zero-order valence-electron chi connectivity index (χ0n) is 9.82. The molecule has 0 aliphatic carbocycles. The molecular formula is C12H16BrNO2S. The van der Waals surface area contributed by atoms with Crippen molar-refractivity contribution in [3.05, 3.63) is 16.3 Å². The van der Waals surface area contributed by atoms with Crippen LogP contribution in [-0.4, -0.2) is 35.8 Å². The summed E-state index contributed by atoms with van der Waals surface area (Å²) in [6.45, 7) is 0.870. The van der Waals surface area contributed by atoms with E-state index >= 15 is 0 Å². The van der Waals surface area contributed by atoms with E-state index in [0.717, 1.165) is 35.3 Å². The molecule has 5 heteroatoms. The van der Waals surface area contributed by atoms with E-state index in [0.29, 0.717) is 6.04 Å². The summed E-state index contributed by atoms with van der Waals surface area (Å²) in [5.41, 5.74) is 0. The minimum absolute atomic E-state index is 0.141. The molecule has 0 radical (unpaired) electrons. The monoisotopic (exact) mass is 317 g/mol. The first-order chi connectivity index (χ1) is 8.26. The van der Waals surface area contributed by atoms with E-state index in [4.69, 9.17) is 4.74 Å². The molecule has 0 N–H and O–H groups in total. The highest BCUT2D eigenvalue weighted by atomic mass is 79.9. The van der Waals surface area contributed by atoms with Crippen molar-refractivity contribution in [2.45, 2.75) is 25.3 Å². The van der Waals surface area contributed by atoms with Gasteiger partial charge >= 0.3 is 0 Å². The third-order valence-electron chi connectivity index (χ3n) is 3.09. The number of ether oxygens (including phenoxy) is 1. The van der Waals surface area contributed by atoms with Crippen LogP contribution in [0.2, 0.25) is 0 Å². The molecule has 2 rings (SSSR count). The van der Waals surface area contributed by atoms with E-state index < -0.39 is 0 Å². The predicted octanol–water partition coefficient (Wildman–Crippen LogP) is 3.15. The summed E-state index contributed by atoms with van der Waals surface area (Å²) in [6, 6.07) is 2.16. The molecule has 0 bridgehead atoms. The van der Waals surface area contributed by atoms with Crippen LogP contribution in [0.25, 0.3) is 0 Å². The highest BCUT2D eigenvalue weighted by molar-refractivity contribution is 9.09. The highest BCUT2D eigenvalue weighted by Crippen LogP contribution is 2.26. The third kappa shape index (κ3) is 2.83. The van der Waals surface area contributed by atoms with Crippen LogP contribution in [0.4, 0.5) is 0 Å². The molecule has 94 valence electrons. The number of carbonyl (C=O) groups excluding carboxylic acids is 1. The second-order valence-electron chi connectivity index (χ2n) is 4.15. The van der Waals surface area contributed by atoms with E-state index in [1.807, 2.05) is 16.3 Å². The normalized spacial score (nSPS) is 20.4. The van der Waals surface area contributed by atoms with Gasteiger partial charge in [-0.15, -0.1) is 11.3 Å². The number of likely N-dealkylation sites (tertiary alicyclic amines) is 1. The van der Waals surface area contributed by atoms with Gasteiger partial charge in [-0.3, -0.25) is 4.79 Å². The summed E-state index contributed by atoms with van der Waals surface area (Å²) in [5, 5.41) is 2.74. The molecule has 1 atom stereocenters. The maximum absolute atomic E-state index is 12.4. The fourth-order valence-corrected chi connectivity index (χ4v) is 3.59. The lowest BCUT2D eigenvalue weighted by Crippen LogP contribution is -2.44. The van der Waals surface area contributed by atoms with Crippen molar-refractivity contribution in [3.8, 4) is 5.75 Å². The second kappa shape index (κ2) is 5.87. The number of alkyl halides is 1. The summed E-state index contributed by atoms with van der Waals surface area (Å²) < 4.78 is 5.12. The van der Waals surface area contributed by atoms with Crippen molar-refractivity contribution in [1.29, 1.82) is 0 Å². The van der Waals surface area contributed by atoms with Gasteiger partial charge in [0.2, 0.25) is 0 Å². The van der Waals surface area contributed by atoms with E-state index in [2.05, 4.69) is 15.9 Å². The minimum atomic E-state index is 0.141. The Kier molecular flexibility index (Phi) is 4.45. The van der Waals surface area contributed by atoms with Crippen molar-refractivity contribution in [1.82, 2.24) is 4.90 Å². The van der Waals surface area contributed by atoms with Crippen LogP contribution < -0.4 is 4.74 Å².